The number of nitrogens with one attached hydrogen (secondary N) is 2. The van der Waals surface area contributed by atoms with E-state index in [1.165, 1.54) is 44.6 Å². The molecule has 0 spiro atoms. The van der Waals surface area contributed by atoms with Gasteiger partial charge in [0.15, 0.2) is 5.03 Å². The van der Waals surface area contributed by atoms with Gasteiger partial charge in [0.25, 0.3) is 15.9 Å². The van der Waals surface area contributed by atoms with E-state index in [0.717, 1.165) is 43.6 Å². The first-order chi connectivity index (χ1) is 22.0. The maximum Gasteiger partial charge on any atom is 0.325 e. The van der Waals surface area contributed by atoms with Gasteiger partial charge in [0.05, 0.1) is 5.56 Å². The van der Waals surface area contributed by atoms with Crippen LogP contribution in [-0.4, -0.2) is 73.5 Å². The van der Waals surface area contributed by atoms with Gasteiger partial charge in [-0.25, -0.2) is 19.5 Å². The van der Waals surface area contributed by atoms with Crippen LogP contribution >= 0.6 is 0 Å². The summed E-state index contributed by atoms with van der Waals surface area (Å²) in [6, 6.07) is 8.01. The van der Waals surface area contributed by atoms with Crippen molar-refractivity contribution in [3.8, 4) is 0 Å². The van der Waals surface area contributed by atoms with E-state index in [9.17, 15) is 18.0 Å². The molecule has 3 amide bonds. The number of urea groups is 1. The highest BCUT2D eigenvalue weighted by Crippen LogP contribution is 2.60. The minimum Gasteiger partial charge on any atom is -0.370 e. The van der Waals surface area contributed by atoms with Gasteiger partial charge in [0, 0.05) is 38.3 Å². The molecule has 46 heavy (non-hydrogen) atoms. The molecule has 6 fully saturated rings. The Morgan fingerprint density at radius 2 is 1.65 bits per heavy atom. The summed E-state index contributed by atoms with van der Waals surface area (Å²) in [6.45, 7) is 7.66. The Morgan fingerprint density at radius 3 is 2.39 bits per heavy atom. The molecule has 4 aliphatic carbocycles. The molecule has 9 rings (SSSR count). The number of fused-ring (bicyclic) bond motifs is 6. The van der Waals surface area contributed by atoms with E-state index >= 15 is 0 Å². The summed E-state index contributed by atoms with van der Waals surface area (Å²) < 4.78 is 28.9. The molecule has 3 aliphatic heterocycles. The SMILES string of the molecule is CC1(C)C[C@@H]2CCCNc3cccc(n3)S(=O)(=O)NC(=O)c3ccc(N4CCN(CC56CC7CC(CC(C7)C5)C6)C4=O)nc3N1C2. The summed E-state index contributed by atoms with van der Waals surface area (Å²) in [6.07, 6.45) is 10.6. The van der Waals surface area contributed by atoms with Gasteiger partial charge < -0.3 is 15.1 Å². The highest BCUT2D eigenvalue weighted by Gasteiger charge is 2.52. The number of nitrogens with zero attached hydrogens (tertiary/aromatic N) is 5. The summed E-state index contributed by atoms with van der Waals surface area (Å²) in [5, 5.41) is 3.00. The molecule has 4 saturated carbocycles. The van der Waals surface area contributed by atoms with Crippen LogP contribution in [0.1, 0.15) is 82.0 Å². The summed E-state index contributed by atoms with van der Waals surface area (Å²) in [4.78, 5) is 42.9. The number of rotatable bonds is 3. The number of anilines is 3. The van der Waals surface area contributed by atoms with Crippen LogP contribution in [-0.2, 0) is 10.0 Å². The number of sulfonamides is 1. The lowest BCUT2D eigenvalue weighted by molar-refractivity contribution is -0.0621. The molecule has 2 saturated heterocycles. The van der Waals surface area contributed by atoms with E-state index < -0.39 is 15.9 Å². The van der Waals surface area contributed by atoms with Gasteiger partial charge in [-0.3, -0.25) is 9.69 Å². The van der Waals surface area contributed by atoms with E-state index in [-0.39, 0.29) is 27.6 Å². The predicted molar refractivity (Wildman–Crippen MR) is 175 cm³/mol. The molecule has 0 aromatic carbocycles. The van der Waals surface area contributed by atoms with Gasteiger partial charge in [-0.2, -0.15) is 8.42 Å². The Bertz CT molecular complexity index is 1640. The lowest BCUT2D eigenvalue weighted by atomic mass is 9.49. The van der Waals surface area contributed by atoms with Crippen molar-refractivity contribution in [2.24, 2.45) is 29.1 Å². The number of hydrogen-bond donors (Lipinski definition) is 2. The van der Waals surface area contributed by atoms with Crippen molar-refractivity contribution in [2.45, 2.75) is 82.2 Å². The fourth-order valence-electron chi connectivity index (χ4n) is 10.3. The molecule has 5 heterocycles. The monoisotopic (exact) mass is 647 g/mol. The van der Waals surface area contributed by atoms with E-state index in [1.807, 2.05) is 4.90 Å². The first-order valence-electron chi connectivity index (χ1n) is 17.1. The summed E-state index contributed by atoms with van der Waals surface area (Å²) in [5.41, 5.74) is 0.106. The summed E-state index contributed by atoms with van der Waals surface area (Å²) >= 11 is 0. The van der Waals surface area contributed by atoms with Crippen molar-refractivity contribution in [1.82, 2.24) is 19.6 Å². The second-order valence-corrected chi connectivity index (χ2v) is 17.3. The van der Waals surface area contributed by atoms with Crippen LogP contribution in [0.2, 0.25) is 0 Å². The second-order valence-electron chi connectivity index (χ2n) is 15.7. The van der Waals surface area contributed by atoms with E-state index in [0.29, 0.717) is 49.6 Å². The zero-order valence-electron chi connectivity index (χ0n) is 26.9. The lowest BCUT2D eigenvalue weighted by Crippen LogP contribution is -2.51. The van der Waals surface area contributed by atoms with Crippen molar-refractivity contribution in [3.63, 3.8) is 0 Å². The molecule has 246 valence electrons. The van der Waals surface area contributed by atoms with Gasteiger partial charge in [0.2, 0.25) is 0 Å². The average Bonchev–Trinajstić information content (AvgIpc) is 3.50. The number of amides is 3. The Labute approximate surface area is 271 Å². The fraction of sp³-hybridized carbons (Fsp3) is 0.647. The third kappa shape index (κ3) is 5.30. The number of hydrogen-bond acceptors (Lipinski definition) is 8. The van der Waals surface area contributed by atoms with Crippen LogP contribution in [0.4, 0.5) is 22.2 Å². The fourth-order valence-corrected chi connectivity index (χ4v) is 11.2. The van der Waals surface area contributed by atoms with Gasteiger partial charge in [-0.15, -0.1) is 0 Å². The van der Waals surface area contributed by atoms with Crippen LogP contribution in [0.15, 0.2) is 35.4 Å². The largest absolute Gasteiger partial charge is 0.370 e. The Balaban J connectivity index is 1.10. The molecular weight excluding hydrogens is 602 g/mol. The Kier molecular flexibility index (Phi) is 7.04. The average molecular weight is 648 g/mol. The van der Waals surface area contributed by atoms with Gasteiger partial charge in [-0.1, -0.05) is 6.07 Å². The molecule has 11 nitrogen and oxygen atoms in total. The molecule has 2 aromatic rings. The Hall–Kier alpha value is -3.41. The lowest BCUT2D eigenvalue weighted by Gasteiger charge is -2.57. The van der Waals surface area contributed by atoms with Gasteiger partial charge in [0.1, 0.15) is 17.5 Å². The molecule has 2 aromatic heterocycles. The predicted octanol–water partition coefficient (Wildman–Crippen LogP) is 4.86. The molecule has 12 heteroatoms. The van der Waals surface area contributed by atoms with E-state index in [2.05, 4.69) is 33.8 Å². The number of carbonyl (C=O) groups is 2. The third-order valence-electron chi connectivity index (χ3n) is 11.7. The molecule has 7 aliphatic rings. The third-order valence-corrected chi connectivity index (χ3v) is 12.9. The van der Waals surface area contributed by atoms with Gasteiger partial charge >= 0.3 is 6.03 Å². The first-order valence-corrected chi connectivity index (χ1v) is 18.6. The van der Waals surface area contributed by atoms with E-state index in [1.54, 1.807) is 29.2 Å². The first kappa shape index (κ1) is 30.0. The van der Waals surface area contributed by atoms with Gasteiger partial charge in [-0.05, 0) is 125 Å². The molecule has 2 N–H and O–H groups in total. The maximum atomic E-state index is 14.0. The topological polar surface area (TPSA) is 128 Å². The smallest absolute Gasteiger partial charge is 0.325 e. The highest BCUT2D eigenvalue weighted by molar-refractivity contribution is 7.90. The minimum absolute atomic E-state index is 0.0237. The maximum absolute atomic E-state index is 14.0. The normalized spacial score (nSPS) is 32.9. The number of pyridine rings is 2. The second kappa shape index (κ2) is 10.8. The molecule has 0 radical (unpaired) electrons. The summed E-state index contributed by atoms with van der Waals surface area (Å²) in [7, 11) is -4.25. The van der Waals surface area contributed by atoms with E-state index in [4.69, 9.17) is 4.98 Å². The van der Waals surface area contributed by atoms with Crippen molar-refractivity contribution in [3.05, 3.63) is 35.9 Å². The Morgan fingerprint density at radius 1 is 0.913 bits per heavy atom. The van der Waals surface area contributed by atoms with Crippen molar-refractivity contribution < 1.29 is 18.0 Å². The standard InChI is InChI=1S/C34H45N7O4S/c1-33(2)16-22-5-4-10-35-27-6-3-7-29(36-27)46(44,45)38-31(42)26-8-9-28(37-30(26)41(33)20-22)40-12-11-39(32(40)43)21-34-17-23-13-24(18-34)15-25(14-23)19-34/h3,6-9,22-25H,4-5,10-21H2,1-2H3,(H,35,36)(H,38,42)/t22-,23?,24?,25?,34?/m0/s1. The van der Waals surface area contributed by atoms with Crippen molar-refractivity contribution in [2.75, 3.05) is 47.8 Å². The van der Waals surface area contributed by atoms with Crippen LogP contribution in [0.25, 0.3) is 0 Å². The summed E-state index contributed by atoms with van der Waals surface area (Å²) in [5.74, 6) is 3.46. The zero-order chi connectivity index (χ0) is 31.8. The highest BCUT2D eigenvalue weighted by atomic mass is 32.2. The molecule has 8 bridgehead atoms. The molecular formula is C34H45N7O4S. The number of aromatic nitrogens is 2. The minimum atomic E-state index is -4.25. The van der Waals surface area contributed by atoms with Crippen LogP contribution in [0, 0.1) is 29.1 Å². The number of carbonyl (C=O) groups excluding carboxylic acids is 2. The zero-order valence-corrected chi connectivity index (χ0v) is 27.7. The molecule has 0 unspecified atom stereocenters. The van der Waals surface area contributed by atoms with Crippen molar-refractivity contribution in [1.29, 1.82) is 0 Å². The van der Waals surface area contributed by atoms with Crippen LogP contribution < -0.4 is 19.8 Å². The van der Waals surface area contributed by atoms with Crippen LogP contribution in [0.5, 0.6) is 0 Å². The van der Waals surface area contributed by atoms with Crippen LogP contribution in [0.3, 0.4) is 0 Å². The molecule has 1 atom stereocenters. The van der Waals surface area contributed by atoms with Crippen molar-refractivity contribution >= 4 is 39.4 Å². The quantitative estimate of drug-likeness (QED) is 0.484.